The van der Waals surface area contributed by atoms with Gasteiger partial charge in [0.05, 0.1) is 60.8 Å². The summed E-state index contributed by atoms with van der Waals surface area (Å²) in [6.07, 6.45) is 2.53. The highest BCUT2D eigenvalue weighted by molar-refractivity contribution is 6.31. The van der Waals surface area contributed by atoms with E-state index in [1.165, 1.54) is 5.56 Å². The Morgan fingerprint density at radius 1 is 0.875 bits per heavy atom. The van der Waals surface area contributed by atoms with E-state index in [9.17, 15) is 9.90 Å². The van der Waals surface area contributed by atoms with Crippen LogP contribution in [0.25, 0.3) is 22.2 Å². The number of rotatable bonds is 7. The van der Waals surface area contributed by atoms with Gasteiger partial charge in [0.15, 0.2) is 0 Å². The quantitative estimate of drug-likeness (QED) is 0.182. The van der Waals surface area contributed by atoms with Gasteiger partial charge in [0, 0.05) is 73.0 Å². The van der Waals surface area contributed by atoms with Crippen molar-refractivity contribution in [3.05, 3.63) is 130 Å². The summed E-state index contributed by atoms with van der Waals surface area (Å²) in [7, 11) is 1.88. The number of hydrogen-bond acceptors (Lipinski definition) is 7. The number of phenols is 1. The van der Waals surface area contributed by atoms with Gasteiger partial charge >= 0.3 is 0 Å². The molecule has 3 aliphatic rings. The molecule has 56 heavy (non-hydrogen) atoms. The van der Waals surface area contributed by atoms with Crippen LogP contribution in [0.3, 0.4) is 0 Å². The maximum absolute atomic E-state index is 15.0. The number of halogens is 2. The molecule has 0 saturated carbocycles. The normalized spacial score (nSPS) is 16.9. The average Bonchev–Trinajstić information content (AvgIpc) is 3.79. The predicted octanol–water partition coefficient (Wildman–Crippen LogP) is 7.23. The van der Waals surface area contributed by atoms with E-state index in [1.54, 1.807) is 46.1 Å². The molecule has 3 aliphatic heterocycles. The Hall–Kier alpha value is -5.17. The van der Waals surface area contributed by atoms with Gasteiger partial charge in [-0.1, -0.05) is 35.9 Å². The molecule has 1 fully saturated rings. The first kappa shape index (κ1) is 37.7. The van der Waals surface area contributed by atoms with Crippen molar-refractivity contribution in [3.8, 4) is 17.0 Å². The van der Waals surface area contributed by atoms with Crippen LogP contribution in [-0.2, 0) is 42.6 Å². The molecule has 0 radical (unpaired) electrons. The summed E-state index contributed by atoms with van der Waals surface area (Å²) in [6.45, 7) is 5.46. The number of benzene rings is 4. The van der Waals surface area contributed by atoms with E-state index in [4.69, 9.17) is 21.1 Å². The largest absolute Gasteiger partial charge is 0.508 e. The molecule has 1 saturated heterocycles. The van der Waals surface area contributed by atoms with E-state index >= 15 is 4.79 Å². The molecule has 5 heterocycles. The van der Waals surface area contributed by atoms with E-state index < -0.39 is 0 Å². The number of nitrogens with zero attached hydrogens (tertiary/aromatic N) is 6. The standard InChI is InChI=1S/C43H41ClN6O5.ClH/c1-46-39-13-9-33(21-30(39)24-45-46)50(32-7-10-35(51)11-8-32)43(53)38-23-40(48-16-19-55-27-41(38)48)37-22-31(44)6-12-36(37)42(52)49-25-29-5-3-2-4-28(29)20-34(49)26-47-14-17-54-18-15-47;/h2-13,21-24,34,51H,14-20,25-27H2,1H3;1H/t34-;/m0./s1. The van der Waals surface area contributed by atoms with Crippen molar-refractivity contribution < 1.29 is 24.2 Å². The number of amides is 2. The number of carbonyl (C=O) groups excluding carboxylic acids is 2. The molecule has 0 aliphatic carbocycles. The van der Waals surface area contributed by atoms with Crippen molar-refractivity contribution in [3.63, 3.8) is 0 Å². The maximum Gasteiger partial charge on any atom is 0.264 e. The molecule has 288 valence electrons. The van der Waals surface area contributed by atoms with Gasteiger partial charge in [-0.15, -0.1) is 12.4 Å². The number of hydrogen-bond donors (Lipinski definition) is 1. The summed E-state index contributed by atoms with van der Waals surface area (Å²) in [5.41, 5.74) is 7.65. The molecule has 6 aromatic rings. The molecule has 4 aromatic carbocycles. The van der Waals surface area contributed by atoms with E-state index in [-0.39, 0.29) is 42.6 Å². The summed E-state index contributed by atoms with van der Waals surface area (Å²) in [5, 5.41) is 15.9. The highest BCUT2D eigenvalue weighted by Gasteiger charge is 2.35. The SMILES string of the molecule is Cl.Cn1ncc2cc(N(C(=O)c3cc(-c4cc(Cl)ccc4C(=O)N4Cc5ccccc5C[C@H]4CN4CCOCC4)n4c3COCC4)c3ccc(O)cc3)ccc21. The van der Waals surface area contributed by atoms with Crippen molar-refractivity contribution in [1.29, 1.82) is 0 Å². The van der Waals surface area contributed by atoms with Crippen LogP contribution >= 0.6 is 24.0 Å². The number of fused-ring (bicyclic) bond motifs is 3. The fourth-order valence-corrected chi connectivity index (χ4v) is 8.44. The molecule has 11 nitrogen and oxygen atoms in total. The molecule has 0 unspecified atom stereocenters. The Labute approximate surface area is 336 Å². The number of anilines is 2. The number of aromatic hydroxyl groups is 1. The Bertz CT molecular complexity index is 2420. The summed E-state index contributed by atoms with van der Waals surface area (Å²) >= 11 is 6.73. The van der Waals surface area contributed by atoms with Crippen molar-refractivity contribution in [1.82, 2.24) is 24.1 Å². The lowest BCUT2D eigenvalue weighted by Crippen LogP contribution is -2.52. The average molecular weight is 794 g/mol. The molecule has 1 N–H and O–H groups in total. The Balaban J connectivity index is 0.00000441. The van der Waals surface area contributed by atoms with Crippen LogP contribution in [0.4, 0.5) is 11.4 Å². The summed E-state index contributed by atoms with van der Waals surface area (Å²) in [6, 6.07) is 28.0. The zero-order valence-electron chi connectivity index (χ0n) is 30.9. The molecule has 2 amide bonds. The fourth-order valence-electron chi connectivity index (χ4n) is 8.27. The van der Waals surface area contributed by atoms with E-state index in [0.29, 0.717) is 71.7 Å². The zero-order valence-corrected chi connectivity index (χ0v) is 32.5. The van der Waals surface area contributed by atoms with Crippen LogP contribution in [0.1, 0.15) is 37.5 Å². The molecular formula is C43H42Cl2N6O5. The van der Waals surface area contributed by atoms with E-state index in [2.05, 4.69) is 32.8 Å². The van der Waals surface area contributed by atoms with Gasteiger partial charge in [0.25, 0.3) is 11.8 Å². The number of carbonyl (C=O) groups is 2. The van der Waals surface area contributed by atoms with Gasteiger partial charge in [-0.3, -0.25) is 24.1 Å². The second kappa shape index (κ2) is 15.8. The lowest BCUT2D eigenvalue weighted by molar-refractivity contribution is 0.0193. The van der Waals surface area contributed by atoms with Gasteiger partial charge in [-0.2, -0.15) is 5.10 Å². The van der Waals surface area contributed by atoms with Gasteiger partial charge < -0.3 is 24.0 Å². The highest BCUT2D eigenvalue weighted by Crippen LogP contribution is 2.38. The summed E-state index contributed by atoms with van der Waals surface area (Å²) < 4.78 is 15.5. The number of morpholine rings is 1. The molecular weight excluding hydrogens is 751 g/mol. The van der Waals surface area contributed by atoms with Gasteiger partial charge in [-0.25, -0.2) is 0 Å². The smallest absolute Gasteiger partial charge is 0.264 e. The summed E-state index contributed by atoms with van der Waals surface area (Å²) in [4.78, 5) is 36.1. The van der Waals surface area contributed by atoms with Crippen LogP contribution in [0, 0.1) is 0 Å². The van der Waals surface area contributed by atoms with E-state index in [1.807, 2.05) is 54.4 Å². The monoisotopic (exact) mass is 792 g/mol. The molecule has 1 atom stereocenters. The number of ether oxygens (including phenoxy) is 2. The minimum atomic E-state index is -0.275. The van der Waals surface area contributed by atoms with Crippen molar-refractivity contribution in [2.45, 2.75) is 32.2 Å². The van der Waals surface area contributed by atoms with Gasteiger partial charge in [0.1, 0.15) is 5.75 Å². The Morgan fingerprint density at radius 3 is 2.43 bits per heavy atom. The Morgan fingerprint density at radius 2 is 1.62 bits per heavy atom. The Kier molecular flexibility index (Phi) is 10.6. The number of phenolic OH excluding ortho intramolecular Hbond substituents is 1. The van der Waals surface area contributed by atoms with Crippen LogP contribution in [-0.4, -0.2) is 86.6 Å². The maximum atomic E-state index is 15.0. The minimum absolute atomic E-state index is 0. The van der Waals surface area contributed by atoms with Crippen LogP contribution in [0.2, 0.25) is 5.02 Å². The van der Waals surface area contributed by atoms with Crippen molar-refractivity contribution >= 4 is 58.1 Å². The zero-order chi connectivity index (χ0) is 37.6. The molecule has 0 spiro atoms. The third-order valence-corrected chi connectivity index (χ3v) is 11.3. The lowest BCUT2D eigenvalue weighted by Gasteiger charge is -2.40. The molecule has 2 aromatic heterocycles. The second-order valence-electron chi connectivity index (χ2n) is 14.4. The minimum Gasteiger partial charge on any atom is -0.508 e. The van der Waals surface area contributed by atoms with Crippen LogP contribution in [0.15, 0.2) is 97.2 Å². The topological polar surface area (TPSA) is 105 Å². The molecule has 13 heteroatoms. The lowest BCUT2D eigenvalue weighted by atomic mass is 9.92. The second-order valence-corrected chi connectivity index (χ2v) is 14.9. The third-order valence-electron chi connectivity index (χ3n) is 11.1. The molecule has 0 bridgehead atoms. The fraction of sp³-hybridized carbons (Fsp3) is 0.279. The third kappa shape index (κ3) is 7.06. The van der Waals surface area contributed by atoms with Crippen LogP contribution in [0.5, 0.6) is 5.75 Å². The molecule has 9 rings (SSSR count). The first-order chi connectivity index (χ1) is 26.8. The van der Waals surface area contributed by atoms with Gasteiger partial charge in [0.2, 0.25) is 0 Å². The predicted molar refractivity (Wildman–Crippen MR) is 218 cm³/mol. The van der Waals surface area contributed by atoms with Gasteiger partial charge in [-0.05, 0) is 84.3 Å². The van der Waals surface area contributed by atoms with Crippen LogP contribution < -0.4 is 4.90 Å². The van der Waals surface area contributed by atoms with E-state index in [0.717, 1.165) is 48.2 Å². The summed E-state index contributed by atoms with van der Waals surface area (Å²) in [5.74, 6) is -0.258. The van der Waals surface area contributed by atoms with Crippen molar-refractivity contribution in [2.75, 3.05) is 44.4 Å². The van der Waals surface area contributed by atoms with Crippen molar-refractivity contribution in [2.24, 2.45) is 7.05 Å². The number of aryl methyl sites for hydroxylation is 1. The first-order valence-corrected chi connectivity index (χ1v) is 19.0. The highest BCUT2D eigenvalue weighted by atomic mass is 35.5. The first-order valence-electron chi connectivity index (χ1n) is 18.7. The number of aromatic nitrogens is 3.